The van der Waals surface area contributed by atoms with E-state index in [2.05, 4.69) is 13.8 Å². The van der Waals surface area contributed by atoms with E-state index >= 15 is 0 Å². The highest BCUT2D eigenvalue weighted by molar-refractivity contribution is 5.69. The standard InChI is InChI=1S/C42H84O3/c1-3-5-7-9-11-13-15-17-19-21-22-23-24-26-28-30-32-34-36-38-41(43)40-42(44)45-39-37-35-33-31-29-27-25-20-18-16-14-12-10-8-6-4-2/h41,43H,3-40H2,1-2H3. The molecule has 3 heteroatoms. The normalized spacial score (nSPS) is 12.2. The summed E-state index contributed by atoms with van der Waals surface area (Å²) in [6, 6.07) is 0. The second-order valence-electron chi connectivity index (χ2n) is 14.5. The molecule has 0 aromatic rings. The smallest absolute Gasteiger partial charge is 0.308 e. The molecule has 0 aliphatic rings. The van der Waals surface area contributed by atoms with Crippen LogP contribution in [0.25, 0.3) is 0 Å². The molecule has 0 amide bonds. The maximum atomic E-state index is 12.0. The van der Waals surface area contributed by atoms with Gasteiger partial charge in [-0.05, 0) is 12.8 Å². The number of unbranched alkanes of at least 4 members (excludes halogenated alkanes) is 33. The summed E-state index contributed by atoms with van der Waals surface area (Å²) in [4.78, 5) is 12.0. The Balaban J connectivity index is 3.25. The van der Waals surface area contributed by atoms with E-state index in [0.717, 1.165) is 25.7 Å². The molecule has 270 valence electrons. The summed E-state index contributed by atoms with van der Waals surface area (Å²) < 4.78 is 5.38. The third-order valence-electron chi connectivity index (χ3n) is 9.80. The quantitative estimate of drug-likeness (QED) is 0.0539. The van der Waals surface area contributed by atoms with Crippen LogP contribution in [-0.4, -0.2) is 23.8 Å². The second-order valence-corrected chi connectivity index (χ2v) is 14.5. The van der Waals surface area contributed by atoms with Gasteiger partial charge in [0.25, 0.3) is 0 Å². The van der Waals surface area contributed by atoms with Crippen molar-refractivity contribution >= 4 is 5.97 Å². The maximum absolute atomic E-state index is 12.0. The number of carbonyl (C=O) groups excluding carboxylic acids is 1. The van der Waals surface area contributed by atoms with Gasteiger partial charge in [-0.3, -0.25) is 4.79 Å². The lowest BCUT2D eigenvalue weighted by molar-refractivity contribution is -0.146. The third-order valence-corrected chi connectivity index (χ3v) is 9.80. The predicted octanol–water partition coefficient (Wildman–Crippen LogP) is 14.4. The van der Waals surface area contributed by atoms with Gasteiger partial charge in [0.2, 0.25) is 0 Å². The summed E-state index contributed by atoms with van der Waals surface area (Å²) >= 11 is 0. The van der Waals surface area contributed by atoms with Gasteiger partial charge in [-0.2, -0.15) is 0 Å². The first-order valence-electron chi connectivity index (χ1n) is 21.0. The Morgan fingerprint density at radius 2 is 0.644 bits per heavy atom. The van der Waals surface area contributed by atoms with Crippen molar-refractivity contribution in [2.75, 3.05) is 6.61 Å². The number of hydrogen-bond donors (Lipinski definition) is 1. The molecule has 0 rings (SSSR count). The van der Waals surface area contributed by atoms with E-state index in [1.54, 1.807) is 0 Å². The summed E-state index contributed by atoms with van der Waals surface area (Å²) in [7, 11) is 0. The lowest BCUT2D eigenvalue weighted by Crippen LogP contribution is -2.16. The molecule has 1 atom stereocenters. The van der Waals surface area contributed by atoms with Gasteiger partial charge in [0, 0.05) is 0 Å². The molecular weight excluding hydrogens is 552 g/mol. The Hall–Kier alpha value is -0.570. The van der Waals surface area contributed by atoms with Gasteiger partial charge in [-0.1, -0.05) is 232 Å². The minimum atomic E-state index is -0.533. The highest BCUT2D eigenvalue weighted by Crippen LogP contribution is 2.16. The molecule has 0 bridgehead atoms. The largest absolute Gasteiger partial charge is 0.466 e. The van der Waals surface area contributed by atoms with Gasteiger partial charge in [-0.25, -0.2) is 0 Å². The molecule has 0 spiro atoms. The van der Waals surface area contributed by atoms with Crippen LogP contribution in [0.5, 0.6) is 0 Å². The minimum Gasteiger partial charge on any atom is -0.466 e. The first-order valence-corrected chi connectivity index (χ1v) is 21.0. The van der Waals surface area contributed by atoms with E-state index in [9.17, 15) is 9.90 Å². The van der Waals surface area contributed by atoms with E-state index in [1.165, 1.54) is 205 Å². The van der Waals surface area contributed by atoms with Crippen molar-refractivity contribution in [3.05, 3.63) is 0 Å². The van der Waals surface area contributed by atoms with Crippen LogP contribution in [-0.2, 0) is 9.53 Å². The zero-order valence-corrected chi connectivity index (χ0v) is 31.2. The fraction of sp³-hybridized carbons (Fsp3) is 0.976. The summed E-state index contributed by atoms with van der Waals surface area (Å²) in [5.74, 6) is -0.221. The molecule has 0 aliphatic carbocycles. The molecule has 0 saturated heterocycles. The van der Waals surface area contributed by atoms with E-state index in [1.807, 2.05) is 0 Å². The summed E-state index contributed by atoms with van der Waals surface area (Å²) in [6.07, 6.45) is 48.0. The van der Waals surface area contributed by atoms with Gasteiger partial charge < -0.3 is 9.84 Å². The lowest BCUT2D eigenvalue weighted by atomic mass is 10.0. The molecule has 0 aromatic heterocycles. The number of hydrogen-bond acceptors (Lipinski definition) is 3. The average molecular weight is 637 g/mol. The number of esters is 1. The zero-order valence-electron chi connectivity index (χ0n) is 31.2. The van der Waals surface area contributed by atoms with Crippen LogP contribution >= 0.6 is 0 Å². The fourth-order valence-corrected chi connectivity index (χ4v) is 6.65. The maximum Gasteiger partial charge on any atom is 0.308 e. The van der Waals surface area contributed by atoms with Gasteiger partial charge in [0.1, 0.15) is 0 Å². The number of rotatable bonds is 39. The molecule has 45 heavy (non-hydrogen) atoms. The first-order chi connectivity index (χ1) is 22.2. The SMILES string of the molecule is CCCCCCCCCCCCCCCCCCCCCC(O)CC(=O)OCCCCCCCCCCCCCCCCCC. The molecular formula is C42H84O3. The monoisotopic (exact) mass is 637 g/mol. The van der Waals surface area contributed by atoms with Crippen molar-refractivity contribution in [3.8, 4) is 0 Å². The topological polar surface area (TPSA) is 46.5 Å². The fourth-order valence-electron chi connectivity index (χ4n) is 6.65. The minimum absolute atomic E-state index is 0.165. The van der Waals surface area contributed by atoms with Crippen LogP contribution in [0.1, 0.15) is 251 Å². The van der Waals surface area contributed by atoms with Crippen molar-refractivity contribution in [1.29, 1.82) is 0 Å². The number of aliphatic hydroxyl groups excluding tert-OH is 1. The van der Waals surface area contributed by atoms with Crippen LogP contribution < -0.4 is 0 Å². The van der Waals surface area contributed by atoms with Crippen molar-refractivity contribution in [2.24, 2.45) is 0 Å². The molecule has 3 nitrogen and oxygen atoms in total. The predicted molar refractivity (Wildman–Crippen MR) is 199 cm³/mol. The molecule has 0 heterocycles. The average Bonchev–Trinajstić information content (AvgIpc) is 3.03. The van der Waals surface area contributed by atoms with E-state index in [4.69, 9.17) is 4.74 Å². The molecule has 0 saturated carbocycles. The summed E-state index contributed by atoms with van der Waals surface area (Å²) in [5.41, 5.74) is 0. The molecule has 0 radical (unpaired) electrons. The molecule has 1 N–H and O–H groups in total. The van der Waals surface area contributed by atoms with Crippen molar-refractivity contribution in [1.82, 2.24) is 0 Å². The zero-order chi connectivity index (χ0) is 32.7. The molecule has 1 unspecified atom stereocenters. The van der Waals surface area contributed by atoms with Crippen LogP contribution in [0.15, 0.2) is 0 Å². The Bertz CT molecular complexity index is 548. The Morgan fingerprint density at radius 3 is 0.933 bits per heavy atom. The number of ether oxygens (including phenoxy) is 1. The second kappa shape index (κ2) is 39.6. The Labute approximate surface area is 284 Å². The Morgan fingerprint density at radius 1 is 0.400 bits per heavy atom. The summed E-state index contributed by atoms with van der Waals surface area (Å²) in [5, 5.41) is 10.2. The molecule has 0 fully saturated rings. The van der Waals surface area contributed by atoms with Crippen molar-refractivity contribution in [3.63, 3.8) is 0 Å². The third kappa shape index (κ3) is 39.5. The summed E-state index contributed by atoms with van der Waals surface area (Å²) in [6.45, 7) is 5.10. The molecule has 0 aliphatic heterocycles. The van der Waals surface area contributed by atoms with Gasteiger partial charge in [-0.15, -0.1) is 0 Å². The van der Waals surface area contributed by atoms with Crippen LogP contribution in [0.2, 0.25) is 0 Å². The highest BCUT2D eigenvalue weighted by Gasteiger charge is 2.11. The lowest BCUT2D eigenvalue weighted by Gasteiger charge is -2.10. The highest BCUT2D eigenvalue weighted by atomic mass is 16.5. The number of aliphatic hydroxyl groups is 1. The van der Waals surface area contributed by atoms with E-state index in [0.29, 0.717) is 6.61 Å². The van der Waals surface area contributed by atoms with Gasteiger partial charge in [0.05, 0.1) is 19.1 Å². The van der Waals surface area contributed by atoms with E-state index < -0.39 is 6.10 Å². The van der Waals surface area contributed by atoms with E-state index in [-0.39, 0.29) is 12.4 Å². The van der Waals surface area contributed by atoms with Gasteiger partial charge >= 0.3 is 5.97 Å². The van der Waals surface area contributed by atoms with Crippen molar-refractivity contribution < 1.29 is 14.6 Å². The van der Waals surface area contributed by atoms with Crippen LogP contribution in [0.4, 0.5) is 0 Å². The van der Waals surface area contributed by atoms with Crippen LogP contribution in [0.3, 0.4) is 0 Å². The molecule has 0 aromatic carbocycles. The van der Waals surface area contributed by atoms with Crippen LogP contribution in [0, 0.1) is 0 Å². The number of carbonyl (C=O) groups is 1. The van der Waals surface area contributed by atoms with Crippen molar-refractivity contribution in [2.45, 2.75) is 258 Å². The Kier molecular flexibility index (Phi) is 39.1. The first kappa shape index (κ1) is 44.4. The van der Waals surface area contributed by atoms with Gasteiger partial charge in [0.15, 0.2) is 0 Å².